The van der Waals surface area contributed by atoms with Crippen molar-refractivity contribution in [2.75, 3.05) is 6.54 Å². The number of carboxylic acids is 1. The summed E-state index contributed by atoms with van der Waals surface area (Å²) in [5.41, 5.74) is -1.06. The second-order valence-electron chi connectivity index (χ2n) is 5.83. The van der Waals surface area contributed by atoms with Crippen LogP contribution in [-0.4, -0.2) is 33.5 Å². The summed E-state index contributed by atoms with van der Waals surface area (Å²) in [5.74, 6) is -0.917. The highest BCUT2D eigenvalue weighted by molar-refractivity contribution is 5.95. The topological polar surface area (TPSA) is 112 Å². The van der Waals surface area contributed by atoms with Crippen LogP contribution in [0.3, 0.4) is 0 Å². The Kier molecular flexibility index (Phi) is 3.85. The minimum absolute atomic E-state index is 0.0337. The molecule has 1 amide bonds. The van der Waals surface area contributed by atoms with Crippen LogP contribution in [0.1, 0.15) is 54.5 Å². The number of hydrogen-bond donors (Lipinski definition) is 3. The maximum atomic E-state index is 12.1. The van der Waals surface area contributed by atoms with Gasteiger partial charge in [-0.25, -0.2) is 4.98 Å². The Hall–Kier alpha value is -2.18. The fraction of sp³-hybridized carbons (Fsp3) is 0.571. The van der Waals surface area contributed by atoms with Gasteiger partial charge in [0, 0.05) is 12.5 Å². The summed E-state index contributed by atoms with van der Waals surface area (Å²) >= 11 is 0. The van der Waals surface area contributed by atoms with Crippen LogP contribution in [0.4, 0.5) is 0 Å². The maximum absolute atomic E-state index is 12.1. The van der Waals surface area contributed by atoms with Gasteiger partial charge in [0.2, 0.25) is 0 Å². The zero-order chi connectivity index (χ0) is 15.8. The third kappa shape index (κ3) is 2.96. The minimum atomic E-state index is -0.915. The summed E-state index contributed by atoms with van der Waals surface area (Å²) in [6, 6.07) is 0. The van der Waals surface area contributed by atoms with Crippen LogP contribution in [0, 0.1) is 12.3 Å². The molecule has 1 aliphatic rings. The van der Waals surface area contributed by atoms with Gasteiger partial charge < -0.3 is 15.4 Å². The summed E-state index contributed by atoms with van der Waals surface area (Å²) in [4.78, 5) is 42.0. The van der Waals surface area contributed by atoms with E-state index in [9.17, 15) is 14.4 Å². The number of rotatable bonds is 5. The van der Waals surface area contributed by atoms with Crippen molar-refractivity contribution in [1.29, 1.82) is 0 Å². The third-order valence-electron chi connectivity index (χ3n) is 3.79. The van der Waals surface area contributed by atoms with E-state index in [0.29, 0.717) is 24.4 Å². The molecular weight excluding hydrogens is 274 g/mol. The van der Waals surface area contributed by atoms with E-state index < -0.39 is 22.9 Å². The molecule has 1 fully saturated rings. The molecule has 2 rings (SSSR count). The Balaban J connectivity index is 2.17. The number of hydrogen-bond acceptors (Lipinski definition) is 4. The number of amides is 1. The SMILES string of the molecule is Cc1nc(C(C)C)[nH]c(=O)c1C(=O)NCC1(C(=O)O)CC1. The molecule has 7 nitrogen and oxygen atoms in total. The van der Waals surface area contributed by atoms with Crippen molar-refractivity contribution < 1.29 is 14.7 Å². The number of nitrogens with one attached hydrogen (secondary N) is 2. The van der Waals surface area contributed by atoms with E-state index in [-0.39, 0.29) is 18.0 Å². The number of aliphatic carboxylic acids is 1. The van der Waals surface area contributed by atoms with Crippen molar-refractivity contribution >= 4 is 11.9 Å². The van der Waals surface area contributed by atoms with Gasteiger partial charge in [0.1, 0.15) is 11.4 Å². The molecule has 0 aliphatic heterocycles. The van der Waals surface area contributed by atoms with Crippen LogP contribution in [-0.2, 0) is 4.79 Å². The van der Waals surface area contributed by atoms with Gasteiger partial charge >= 0.3 is 5.97 Å². The van der Waals surface area contributed by atoms with E-state index in [1.165, 1.54) is 0 Å². The van der Waals surface area contributed by atoms with E-state index >= 15 is 0 Å². The number of carbonyl (C=O) groups excluding carboxylic acids is 1. The Labute approximate surface area is 121 Å². The molecule has 0 bridgehead atoms. The van der Waals surface area contributed by atoms with Gasteiger partial charge in [0.05, 0.1) is 11.1 Å². The molecule has 0 aromatic carbocycles. The number of carbonyl (C=O) groups is 2. The first-order chi connectivity index (χ1) is 9.77. The number of aromatic nitrogens is 2. The quantitative estimate of drug-likeness (QED) is 0.743. The maximum Gasteiger partial charge on any atom is 0.311 e. The fourth-order valence-corrected chi connectivity index (χ4v) is 2.10. The average Bonchev–Trinajstić information content (AvgIpc) is 3.16. The number of aromatic amines is 1. The summed E-state index contributed by atoms with van der Waals surface area (Å²) < 4.78 is 0. The van der Waals surface area contributed by atoms with Crippen molar-refractivity contribution in [3.05, 3.63) is 27.4 Å². The second-order valence-corrected chi connectivity index (χ2v) is 5.83. The smallest absolute Gasteiger partial charge is 0.311 e. The van der Waals surface area contributed by atoms with Crippen molar-refractivity contribution in [1.82, 2.24) is 15.3 Å². The first-order valence-electron chi connectivity index (χ1n) is 6.89. The van der Waals surface area contributed by atoms with Gasteiger partial charge in [0.15, 0.2) is 0 Å². The molecule has 1 aromatic heterocycles. The van der Waals surface area contributed by atoms with Crippen LogP contribution in [0.2, 0.25) is 0 Å². The van der Waals surface area contributed by atoms with E-state index in [2.05, 4.69) is 15.3 Å². The normalized spacial score (nSPS) is 15.8. The van der Waals surface area contributed by atoms with Crippen LogP contribution in [0.25, 0.3) is 0 Å². The lowest BCUT2D eigenvalue weighted by Gasteiger charge is -2.12. The first kappa shape index (κ1) is 15.2. The zero-order valence-corrected chi connectivity index (χ0v) is 12.3. The summed E-state index contributed by atoms with van der Waals surface area (Å²) in [5, 5.41) is 11.6. The molecule has 114 valence electrons. The highest BCUT2D eigenvalue weighted by atomic mass is 16.4. The van der Waals surface area contributed by atoms with Gasteiger partial charge in [-0.15, -0.1) is 0 Å². The van der Waals surface area contributed by atoms with Gasteiger partial charge in [-0.05, 0) is 19.8 Å². The molecule has 3 N–H and O–H groups in total. The van der Waals surface area contributed by atoms with Crippen molar-refractivity contribution in [2.45, 2.75) is 39.5 Å². The number of H-pyrrole nitrogens is 1. The molecule has 1 saturated carbocycles. The predicted octanol–water partition coefficient (Wildman–Crippen LogP) is 0.796. The second kappa shape index (κ2) is 5.31. The summed E-state index contributed by atoms with van der Waals surface area (Å²) in [6.45, 7) is 5.41. The Morgan fingerprint density at radius 2 is 2.05 bits per heavy atom. The Morgan fingerprint density at radius 1 is 1.43 bits per heavy atom. The molecule has 1 aliphatic carbocycles. The first-order valence-corrected chi connectivity index (χ1v) is 6.89. The molecule has 1 heterocycles. The lowest BCUT2D eigenvalue weighted by molar-refractivity contribution is -0.143. The predicted molar refractivity (Wildman–Crippen MR) is 75.3 cm³/mol. The van der Waals surface area contributed by atoms with Crippen LogP contribution >= 0.6 is 0 Å². The van der Waals surface area contributed by atoms with E-state index in [0.717, 1.165) is 0 Å². The summed E-state index contributed by atoms with van der Waals surface area (Å²) in [7, 11) is 0. The largest absolute Gasteiger partial charge is 0.481 e. The van der Waals surface area contributed by atoms with Crippen LogP contribution < -0.4 is 10.9 Å². The molecule has 0 radical (unpaired) electrons. The number of carboxylic acid groups (broad SMARTS) is 1. The van der Waals surface area contributed by atoms with Crippen LogP contribution in [0.5, 0.6) is 0 Å². The molecular formula is C14H19N3O4. The lowest BCUT2D eigenvalue weighted by atomic mass is 10.1. The molecule has 0 spiro atoms. The average molecular weight is 293 g/mol. The van der Waals surface area contributed by atoms with Gasteiger partial charge in [-0.2, -0.15) is 0 Å². The Bertz CT molecular complexity index is 644. The molecule has 0 saturated heterocycles. The van der Waals surface area contributed by atoms with Gasteiger partial charge in [-0.1, -0.05) is 13.8 Å². The van der Waals surface area contributed by atoms with E-state index in [1.54, 1.807) is 6.92 Å². The van der Waals surface area contributed by atoms with Crippen molar-refractivity contribution in [3.63, 3.8) is 0 Å². The monoisotopic (exact) mass is 293 g/mol. The molecule has 21 heavy (non-hydrogen) atoms. The molecule has 1 aromatic rings. The summed E-state index contributed by atoms with van der Waals surface area (Å²) in [6.07, 6.45) is 1.09. The number of aryl methyl sites for hydroxylation is 1. The van der Waals surface area contributed by atoms with Gasteiger partial charge in [0.25, 0.3) is 11.5 Å². The fourth-order valence-electron chi connectivity index (χ4n) is 2.10. The minimum Gasteiger partial charge on any atom is -0.481 e. The third-order valence-corrected chi connectivity index (χ3v) is 3.79. The molecule has 7 heteroatoms. The van der Waals surface area contributed by atoms with E-state index in [1.807, 2.05) is 13.8 Å². The van der Waals surface area contributed by atoms with Crippen LogP contribution in [0.15, 0.2) is 4.79 Å². The standard InChI is InChI=1S/C14H19N3O4/c1-7(2)10-16-8(3)9(12(19)17-10)11(18)15-6-14(4-5-14)13(20)21/h7H,4-6H2,1-3H3,(H,15,18)(H,20,21)(H,16,17,19). The van der Waals surface area contributed by atoms with Crippen molar-refractivity contribution in [2.24, 2.45) is 5.41 Å². The lowest BCUT2D eigenvalue weighted by Crippen LogP contribution is -2.37. The van der Waals surface area contributed by atoms with E-state index in [4.69, 9.17) is 5.11 Å². The molecule has 0 unspecified atom stereocenters. The Morgan fingerprint density at radius 3 is 2.48 bits per heavy atom. The zero-order valence-electron chi connectivity index (χ0n) is 12.3. The van der Waals surface area contributed by atoms with Crippen molar-refractivity contribution in [3.8, 4) is 0 Å². The highest BCUT2D eigenvalue weighted by Gasteiger charge is 2.50. The van der Waals surface area contributed by atoms with Gasteiger partial charge in [-0.3, -0.25) is 14.4 Å². The highest BCUT2D eigenvalue weighted by Crippen LogP contribution is 2.45. The molecule has 0 atom stereocenters. The number of nitrogens with zero attached hydrogens (tertiary/aromatic N) is 1.